The fraction of sp³-hybridized carbons (Fsp3) is 1.00. The van der Waals surface area contributed by atoms with E-state index in [4.69, 9.17) is 0 Å². The smallest absolute Gasteiger partial charge is 0.0747 e. The normalized spacial score (nSPS) is 16.5. The van der Waals surface area contributed by atoms with E-state index in [1.807, 2.05) is 0 Å². The van der Waals surface area contributed by atoms with Gasteiger partial charge in [0.15, 0.2) is 0 Å². The highest BCUT2D eigenvalue weighted by atomic mass is 79.9. The van der Waals surface area contributed by atoms with Gasteiger partial charge in [-0.15, -0.1) is 0 Å². The largest absolute Gasteiger partial charge is 0.0915 e. The van der Waals surface area contributed by atoms with E-state index < -0.39 is 0 Å². The van der Waals surface area contributed by atoms with Crippen molar-refractivity contribution in [2.75, 3.05) is 5.33 Å². The van der Waals surface area contributed by atoms with Gasteiger partial charge in [-0.25, -0.2) is 0 Å². The lowest BCUT2D eigenvalue weighted by Crippen LogP contribution is -2.25. The van der Waals surface area contributed by atoms with Crippen molar-refractivity contribution >= 4 is 74.0 Å². The van der Waals surface area contributed by atoms with E-state index >= 15 is 0 Å². The van der Waals surface area contributed by atoms with Crippen LogP contribution in [0.5, 0.6) is 0 Å². The summed E-state index contributed by atoms with van der Waals surface area (Å²) in [4.78, 5) is 0.474. The molecule has 1 unspecified atom stereocenters. The zero-order valence-electron chi connectivity index (χ0n) is 4.30. The van der Waals surface area contributed by atoms with Gasteiger partial charge in [0, 0.05) is 20.4 Å². The Hall–Kier alpha value is 2.14. The maximum absolute atomic E-state index is 3.51. The second-order valence-corrected chi connectivity index (χ2v) is 12.2. The van der Waals surface area contributed by atoms with Gasteiger partial charge in [0.25, 0.3) is 0 Å². The molecule has 0 spiro atoms. The van der Waals surface area contributed by atoms with Crippen molar-refractivity contribution in [3.63, 3.8) is 0 Å². The molecule has 0 amide bonds. The third-order valence-corrected chi connectivity index (χ3v) is 7.32. The molecule has 0 heterocycles. The van der Waals surface area contributed by atoms with Gasteiger partial charge in [0.05, 0.1) is 2.86 Å². The first-order chi connectivity index (χ1) is 3.48. The van der Waals surface area contributed by atoms with Crippen LogP contribution in [0.25, 0.3) is 0 Å². The molecule has 0 radical (unpaired) electrons. The molecule has 50 valence electrons. The molecule has 1 atom stereocenters. The maximum Gasteiger partial charge on any atom is 0.0747 e. The summed E-state index contributed by atoms with van der Waals surface area (Å²) in [6, 6.07) is 0. The Bertz CT molecular complexity index is 68.2. The van der Waals surface area contributed by atoms with Gasteiger partial charge in [-0.1, -0.05) is 63.7 Å². The van der Waals surface area contributed by atoms with E-state index in [2.05, 4.69) is 63.7 Å². The molecule has 0 aromatic heterocycles. The van der Waals surface area contributed by atoms with Gasteiger partial charge in [-0.05, 0) is 0 Å². The molecule has 0 aliphatic rings. The standard InChI is InChI=1S/C3H6Br4Si/c4-1-2(5)3(6,7)8/h2H,1H2,8H3. The molecule has 0 aromatic rings. The third kappa shape index (κ3) is 4.03. The molecular weight excluding hydrogens is 384 g/mol. The first-order valence-corrected chi connectivity index (χ1v) is 6.68. The van der Waals surface area contributed by atoms with Gasteiger partial charge >= 0.3 is 0 Å². The van der Waals surface area contributed by atoms with Crippen molar-refractivity contribution in [1.29, 1.82) is 0 Å². The second-order valence-electron chi connectivity index (χ2n) is 1.58. The van der Waals surface area contributed by atoms with Crippen LogP contribution in [0.2, 0.25) is 0 Å². The summed E-state index contributed by atoms with van der Waals surface area (Å²) in [5.74, 6) is 0. The molecule has 8 heavy (non-hydrogen) atoms. The number of hydrogen-bond donors (Lipinski definition) is 0. The summed E-state index contributed by atoms with van der Waals surface area (Å²) in [7, 11) is 1.08. The van der Waals surface area contributed by atoms with Crippen LogP contribution in [0.15, 0.2) is 0 Å². The average molecular weight is 390 g/mol. The van der Waals surface area contributed by atoms with E-state index in [1.165, 1.54) is 0 Å². The molecule has 0 saturated carbocycles. The van der Waals surface area contributed by atoms with E-state index in [9.17, 15) is 0 Å². The fourth-order valence-corrected chi connectivity index (χ4v) is 2.78. The van der Waals surface area contributed by atoms with Crippen LogP contribution in [0.3, 0.4) is 0 Å². The number of hydrogen-bond acceptors (Lipinski definition) is 0. The molecule has 0 N–H and O–H groups in total. The van der Waals surface area contributed by atoms with Gasteiger partial charge in [-0.2, -0.15) is 0 Å². The molecule has 0 aromatic carbocycles. The predicted molar refractivity (Wildman–Crippen MR) is 57.0 cm³/mol. The Balaban J connectivity index is 3.62. The number of rotatable bonds is 2. The van der Waals surface area contributed by atoms with Crippen LogP contribution in [-0.2, 0) is 0 Å². The molecule has 0 nitrogen and oxygen atoms in total. The lowest BCUT2D eigenvalue weighted by Gasteiger charge is -2.18. The Labute approximate surface area is 86.1 Å². The average Bonchev–Trinajstić information content (AvgIpc) is 1.62. The van der Waals surface area contributed by atoms with Crippen LogP contribution < -0.4 is 0 Å². The minimum atomic E-state index is 0.142. The Kier molecular flexibility index (Phi) is 5.20. The highest BCUT2D eigenvalue weighted by Crippen LogP contribution is 2.31. The Morgan fingerprint density at radius 2 is 1.88 bits per heavy atom. The molecule has 0 rings (SSSR count). The molecule has 0 aliphatic carbocycles. The molecule has 0 bridgehead atoms. The minimum absolute atomic E-state index is 0.142. The molecule has 0 fully saturated rings. The van der Waals surface area contributed by atoms with Gasteiger partial charge in [-0.3, -0.25) is 0 Å². The molecular formula is C3H6Br4Si. The lowest BCUT2D eigenvalue weighted by molar-refractivity contribution is 1.09. The van der Waals surface area contributed by atoms with E-state index in [-0.39, 0.29) is 2.86 Å². The van der Waals surface area contributed by atoms with E-state index in [0.29, 0.717) is 4.83 Å². The molecule has 5 heteroatoms. The number of halogens is 4. The zero-order chi connectivity index (χ0) is 6.78. The SMILES string of the molecule is [SiH3]C(Br)(Br)C(Br)CBr. The Morgan fingerprint density at radius 3 is 1.88 bits per heavy atom. The van der Waals surface area contributed by atoms with E-state index in [1.54, 1.807) is 0 Å². The summed E-state index contributed by atoms with van der Waals surface area (Å²) >= 11 is 13.9. The highest BCUT2D eigenvalue weighted by Gasteiger charge is 2.24. The van der Waals surface area contributed by atoms with Gasteiger partial charge in [0.2, 0.25) is 0 Å². The van der Waals surface area contributed by atoms with Crippen LogP contribution in [0.1, 0.15) is 0 Å². The summed E-state index contributed by atoms with van der Waals surface area (Å²) in [6.45, 7) is 0. The summed E-state index contributed by atoms with van der Waals surface area (Å²) in [5.41, 5.74) is 0. The maximum atomic E-state index is 3.51. The highest BCUT2D eigenvalue weighted by molar-refractivity contribution is 9.27. The molecule has 0 saturated heterocycles. The third-order valence-electron chi connectivity index (χ3n) is 0.685. The van der Waals surface area contributed by atoms with E-state index in [0.717, 1.165) is 15.6 Å². The first kappa shape index (κ1) is 10.1. The van der Waals surface area contributed by atoms with Gasteiger partial charge in [0.1, 0.15) is 0 Å². The van der Waals surface area contributed by atoms with Crippen molar-refractivity contribution in [3.05, 3.63) is 0 Å². The Morgan fingerprint density at radius 1 is 1.50 bits per heavy atom. The van der Waals surface area contributed by atoms with Crippen LogP contribution in [0.4, 0.5) is 0 Å². The molecule has 0 aliphatic heterocycles. The fourth-order valence-electron chi connectivity index (χ4n) is 0.135. The van der Waals surface area contributed by atoms with Crippen molar-refractivity contribution < 1.29 is 0 Å². The summed E-state index contributed by atoms with van der Waals surface area (Å²) in [5, 5.41) is 0.965. The van der Waals surface area contributed by atoms with Crippen molar-refractivity contribution in [2.24, 2.45) is 0 Å². The van der Waals surface area contributed by atoms with Crippen molar-refractivity contribution in [1.82, 2.24) is 0 Å². The van der Waals surface area contributed by atoms with Crippen LogP contribution >= 0.6 is 63.7 Å². The van der Waals surface area contributed by atoms with Crippen LogP contribution in [-0.4, -0.2) is 23.3 Å². The first-order valence-electron chi connectivity index (χ1n) is 2.06. The quantitative estimate of drug-likeness (QED) is 0.500. The predicted octanol–water partition coefficient (Wildman–Crippen LogP) is 1.95. The summed E-state index contributed by atoms with van der Waals surface area (Å²) < 4.78 is 0.142. The van der Waals surface area contributed by atoms with Gasteiger partial charge < -0.3 is 0 Å². The second kappa shape index (κ2) is 4.11. The lowest BCUT2D eigenvalue weighted by atomic mass is 10.6. The monoisotopic (exact) mass is 386 g/mol. The topological polar surface area (TPSA) is 0 Å². The zero-order valence-corrected chi connectivity index (χ0v) is 12.6. The van der Waals surface area contributed by atoms with Crippen LogP contribution in [0, 0.1) is 0 Å². The van der Waals surface area contributed by atoms with Crippen molar-refractivity contribution in [2.45, 2.75) is 7.68 Å². The minimum Gasteiger partial charge on any atom is -0.0915 e. The number of alkyl halides is 4. The summed E-state index contributed by atoms with van der Waals surface area (Å²) in [6.07, 6.45) is 0. The van der Waals surface area contributed by atoms with Crippen molar-refractivity contribution in [3.8, 4) is 0 Å².